The molecular weight excluding hydrogens is 300 g/mol. The number of likely N-dealkylation sites (tertiary alicyclic amines) is 1. The minimum atomic E-state index is -3.25. The Kier molecular flexibility index (Phi) is 5.97. The first-order valence-corrected chi connectivity index (χ1v) is 9.51. The van der Waals surface area contributed by atoms with E-state index >= 15 is 0 Å². The third-order valence-electron chi connectivity index (χ3n) is 3.84. The van der Waals surface area contributed by atoms with Gasteiger partial charge in [-0.3, -0.25) is 4.79 Å². The van der Waals surface area contributed by atoms with Crippen LogP contribution in [0.25, 0.3) is 0 Å². The molecule has 0 aliphatic carbocycles. The first kappa shape index (κ1) is 17.0. The van der Waals surface area contributed by atoms with Gasteiger partial charge in [0.15, 0.2) is 0 Å². The zero-order valence-corrected chi connectivity index (χ0v) is 13.8. The quantitative estimate of drug-likeness (QED) is 0.870. The van der Waals surface area contributed by atoms with Gasteiger partial charge in [-0.05, 0) is 31.4 Å². The predicted molar refractivity (Wildman–Crippen MR) is 87.2 cm³/mol. The molecule has 1 N–H and O–H groups in total. The van der Waals surface area contributed by atoms with Crippen LogP contribution in [0, 0.1) is 0 Å². The van der Waals surface area contributed by atoms with Crippen LogP contribution in [0.3, 0.4) is 0 Å². The van der Waals surface area contributed by atoms with Crippen molar-refractivity contribution in [2.24, 2.45) is 0 Å². The lowest BCUT2D eigenvalue weighted by Gasteiger charge is -2.33. The second-order valence-corrected chi connectivity index (χ2v) is 7.62. The maximum Gasteiger partial charge on any atom is 0.253 e. The number of carbonyl (C=O) groups is 1. The van der Waals surface area contributed by atoms with Gasteiger partial charge in [0, 0.05) is 24.7 Å². The Morgan fingerprint density at radius 3 is 2.73 bits per heavy atom. The first-order chi connectivity index (χ1) is 10.5. The van der Waals surface area contributed by atoms with E-state index in [0.29, 0.717) is 25.1 Å². The van der Waals surface area contributed by atoms with Crippen LogP contribution in [-0.2, 0) is 10.0 Å². The van der Waals surface area contributed by atoms with Crippen molar-refractivity contribution in [2.45, 2.75) is 38.6 Å². The normalized spacial score (nSPS) is 19.1. The minimum absolute atomic E-state index is 0.0296. The third kappa shape index (κ3) is 4.81. The smallest absolute Gasteiger partial charge is 0.253 e. The van der Waals surface area contributed by atoms with Crippen LogP contribution >= 0.6 is 0 Å². The van der Waals surface area contributed by atoms with Gasteiger partial charge in [0.05, 0.1) is 5.75 Å². The Hall–Kier alpha value is -1.40. The Morgan fingerprint density at radius 1 is 1.32 bits per heavy atom. The molecule has 2 rings (SSSR count). The number of sulfonamides is 1. The molecule has 1 aliphatic rings. The van der Waals surface area contributed by atoms with Crippen molar-refractivity contribution < 1.29 is 13.2 Å². The monoisotopic (exact) mass is 324 g/mol. The van der Waals surface area contributed by atoms with E-state index in [4.69, 9.17) is 0 Å². The minimum Gasteiger partial charge on any atom is -0.337 e. The van der Waals surface area contributed by atoms with Gasteiger partial charge >= 0.3 is 0 Å². The Balaban J connectivity index is 1.96. The number of unbranched alkanes of at least 4 members (excludes halogenated alkanes) is 1. The van der Waals surface area contributed by atoms with E-state index in [1.54, 1.807) is 17.0 Å². The average molecular weight is 324 g/mol. The zero-order valence-electron chi connectivity index (χ0n) is 13.0. The Morgan fingerprint density at radius 2 is 2.05 bits per heavy atom. The van der Waals surface area contributed by atoms with E-state index in [1.807, 2.05) is 25.1 Å². The predicted octanol–water partition coefficient (Wildman–Crippen LogP) is 2.01. The SMILES string of the molecule is CCCCS(=O)(=O)N[C@@H]1CCCN(C(=O)c2ccccc2)C1. The third-order valence-corrected chi connectivity index (χ3v) is 5.36. The van der Waals surface area contributed by atoms with Gasteiger partial charge in [-0.15, -0.1) is 0 Å². The number of hydrogen-bond acceptors (Lipinski definition) is 3. The van der Waals surface area contributed by atoms with Crippen molar-refractivity contribution in [2.75, 3.05) is 18.8 Å². The fourth-order valence-electron chi connectivity index (χ4n) is 2.67. The fraction of sp³-hybridized carbons (Fsp3) is 0.562. The number of hydrogen-bond donors (Lipinski definition) is 1. The average Bonchev–Trinajstić information content (AvgIpc) is 2.53. The molecule has 22 heavy (non-hydrogen) atoms. The van der Waals surface area contributed by atoms with Gasteiger partial charge in [0.2, 0.25) is 10.0 Å². The second kappa shape index (κ2) is 7.74. The topological polar surface area (TPSA) is 66.5 Å². The van der Waals surface area contributed by atoms with Crippen LogP contribution in [0.5, 0.6) is 0 Å². The summed E-state index contributed by atoms with van der Waals surface area (Å²) in [4.78, 5) is 14.2. The molecule has 1 amide bonds. The molecule has 1 aromatic rings. The summed E-state index contributed by atoms with van der Waals surface area (Å²) in [5.74, 6) is 0.130. The largest absolute Gasteiger partial charge is 0.337 e. The van der Waals surface area contributed by atoms with Crippen molar-refractivity contribution in [1.82, 2.24) is 9.62 Å². The molecule has 1 aromatic carbocycles. The molecule has 1 heterocycles. The van der Waals surface area contributed by atoms with Crippen molar-refractivity contribution in [1.29, 1.82) is 0 Å². The summed E-state index contributed by atoms with van der Waals surface area (Å²) in [6.07, 6.45) is 3.11. The summed E-state index contributed by atoms with van der Waals surface area (Å²) in [6.45, 7) is 3.09. The standard InChI is InChI=1S/C16H24N2O3S/c1-2-3-12-22(20,21)17-15-10-7-11-18(13-15)16(19)14-8-5-4-6-9-14/h4-6,8-9,15,17H,2-3,7,10-13H2,1H3/t15-/m1/s1. The second-order valence-electron chi connectivity index (χ2n) is 5.75. The lowest BCUT2D eigenvalue weighted by Crippen LogP contribution is -2.50. The Labute approximate surface area is 132 Å². The number of nitrogens with one attached hydrogen (secondary N) is 1. The summed E-state index contributed by atoms with van der Waals surface area (Å²) in [5.41, 5.74) is 0.650. The van der Waals surface area contributed by atoms with Gasteiger partial charge in [-0.2, -0.15) is 0 Å². The van der Waals surface area contributed by atoms with Gasteiger partial charge in [0.1, 0.15) is 0 Å². The van der Waals surface area contributed by atoms with E-state index in [9.17, 15) is 13.2 Å². The molecule has 1 aliphatic heterocycles. The highest BCUT2D eigenvalue weighted by Crippen LogP contribution is 2.15. The first-order valence-electron chi connectivity index (χ1n) is 7.86. The highest BCUT2D eigenvalue weighted by Gasteiger charge is 2.27. The summed E-state index contributed by atoms with van der Waals surface area (Å²) in [5, 5.41) is 0. The number of benzene rings is 1. The van der Waals surface area contributed by atoms with Crippen LogP contribution in [-0.4, -0.2) is 44.1 Å². The van der Waals surface area contributed by atoms with Crippen molar-refractivity contribution in [3.05, 3.63) is 35.9 Å². The molecule has 0 spiro atoms. The molecule has 0 saturated carbocycles. The van der Waals surface area contributed by atoms with Gasteiger partial charge in [0.25, 0.3) is 5.91 Å². The summed E-state index contributed by atoms with van der Waals surface area (Å²) in [7, 11) is -3.25. The Bertz CT molecular complexity index is 587. The van der Waals surface area contributed by atoms with Gasteiger partial charge < -0.3 is 4.90 Å². The maximum atomic E-state index is 12.4. The number of carbonyl (C=O) groups excluding carboxylic acids is 1. The van der Waals surface area contributed by atoms with E-state index in [1.165, 1.54) is 0 Å². The van der Waals surface area contributed by atoms with E-state index < -0.39 is 10.0 Å². The molecule has 0 bridgehead atoms. The van der Waals surface area contributed by atoms with Crippen LogP contribution in [0.15, 0.2) is 30.3 Å². The van der Waals surface area contributed by atoms with Crippen LogP contribution in [0.2, 0.25) is 0 Å². The molecule has 1 saturated heterocycles. The lowest BCUT2D eigenvalue weighted by molar-refractivity contribution is 0.0703. The molecule has 6 heteroatoms. The van der Waals surface area contributed by atoms with E-state index in [0.717, 1.165) is 19.3 Å². The van der Waals surface area contributed by atoms with Gasteiger partial charge in [-0.1, -0.05) is 31.5 Å². The van der Waals surface area contributed by atoms with Crippen LogP contribution < -0.4 is 4.72 Å². The van der Waals surface area contributed by atoms with Crippen LogP contribution in [0.4, 0.5) is 0 Å². The van der Waals surface area contributed by atoms with Crippen LogP contribution in [0.1, 0.15) is 43.0 Å². The highest BCUT2D eigenvalue weighted by atomic mass is 32.2. The molecule has 122 valence electrons. The van der Waals surface area contributed by atoms with E-state index in [2.05, 4.69) is 4.72 Å². The fourth-order valence-corrected chi connectivity index (χ4v) is 4.16. The number of nitrogens with zero attached hydrogens (tertiary/aromatic N) is 1. The lowest BCUT2D eigenvalue weighted by atomic mass is 10.1. The maximum absolute atomic E-state index is 12.4. The molecule has 0 aromatic heterocycles. The number of amides is 1. The highest BCUT2D eigenvalue weighted by molar-refractivity contribution is 7.89. The van der Waals surface area contributed by atoms with Crippen molar-refractivity contribution >= 4 is 15.9 Å². The molecule has 5 nitrogen and oxygen atoms in total. The molecule has 0 radical (unpaired) electrons. The summed E-state index contributed by atoms with van der Waals surface area (Å²) in [6, 6.07) is 8.94. The molecular formula is C16H24N2O3S. The number of rotatable bonds is 6. The number of piperidine rings is 1. The van der Waals surface area contributed by atoms with Gasteiger partial charge in [-0.25, -0.2) is 13.1 Å². The summed E-state index contributed by atoms with van der Waals surface area (Å²) < 4.78 is 26.7. The van der Waals surface area contributed by atoms with Crippen molar-refractivity contribution in [3.63, 3.8) is 0 Å². The molecule has 1 fully saturated rings. The molecule has 1 atom stereocenters. The van der Waals surface area contributed by atoms with E-state index in [-0.39, 0.29) is 17.7 Å². The summed E-state index contributed by atoms with van der Waals surface area (Å²) >= 11 is 0. The van der Waals surface area contributed by atoms with Crippen molar-refractivity contribution in [3.8, 4) is 0 Å². The molecule has 0 unspecified atom stereocenters. The zero-order chi connectivity index (χ0) is 16.0.